The first-order valence-electron chi connectivity index (χ1n) is 6.30. The predicted molar refractivity (Wildman–Crippen MR) is 80.5 cm³/mol. The molecule has 1 saturated heterocycles. The van der Waals surface area contributed by atoms with E-state index in [2.05, 4.69) is 5.32 Å². The van der Waals surface area contributed by atoms with Crippen LogP contribution in [-0.4, -0.2) is 46.1 Å². The van der Waals surface area contributed by atoms with Gasteiger partial charge in [-0.05, 0) is 12.1 Å². The Morgan fingerprint density at radius 2 is 2.29 bits per heavy atom. The highest BCUT2D eigenvalue weighted by molar-refractivity contribution is 7.99. The highest BCUT2D eigenvalue weighted by Gasteiger charge is 2.29. The molecule has 1 aromatic rings. The molecule has 1 aliphatic heterocycles. The first-order chi connectivity index (χ1) is 9.99. The van der Waals surface area contributed by atoms with Crippen molar-refractivity contribution in [3.05, 3.63) is 29.0 Å². The zero-order chi connectivity index (χ0) is 15.4. The van der Waals surface area contributed by atoms with Gasteiger partial charge in [0.25, 0.3) is 0 Å². The molecule has 1 unspecified atom stereocenters. The lowest BCUT2D eigenvalue weighted by atomic mass is 10.2. The summed E-state index contributed by atoms with van der Waals surface area (Å²) in [5.41, 5.74) is -0.0866. The fraction of sp³-hybridized carbons (Fsp3) is 0.385. The maximum atomic E-state index is 13.7. The lowest BCUT2D eigenvalue weighted by Crippen LogP contribution is -2.49. The van der Waals surface area contributed by atoms with E-state index in [4.69, 9.17) is 16.7 Å². The number of carbonyl (C=O) groups is 2. The van der Waals surface area contributed by atoms with Gasteiger partial charge >= 0.3 is 12.0 Å². The van der Waals surface area contributed by atoms with Crippen LogP contribution in [0.3, 0.4) is 0 Å². The molecule has 5 nitrogen and oxygen atoms in total. The second kappa shape index (κ2) is 7.00. The first-order valence-corrected chi connectivity index (χ1v) is 7.83. The van der Waals surface area contributed by atoms with Gasteiger partial charge < -0.3 is 15.3 Å². The number of nitrogens with zero attached hydrogens (tertiary/aromatic N) is 1. The number of rotatable bonds is 3. The molecule has 8 heteroatoms. The van der Waals surface area contributed by atoms with Crippen LogP contribution in [0.1, 0.15) is 6.42 Å². The van der Waals surface area contributed by atoms with E-state index < -0.39 is 23.9 Å². The number of hydrogen-bond donors (Lipinski definition) is 2. The summed E-state index contributed by atoms with van der Waals surface area (Å²) in [7, 11) is 0. The molecule has 0 saturated carbocycles. The zero-order valence-corrected chi connectivity index (χ0v) is 12.6. The fourth-order valence-corrected chi connectivity index (χ4v) is 3.36. The number of para-hydroxylation sites is 1. The molecule has 1 aromatic carbocycles. The van der Waals surface area contributed by atoms with Gasteiger partial charge in [-0.3, -0.25) is 4.79 Å². The highest BCUT2D eigenvalue weighted by Crippen LogP contribution is 2.26. The van der Waals surface area contributed by atoms with Crippen molar-refractivity contribution >= 4 is 41.1 Å². The van der Waals surface area contributed by atoms with Crippen LogP contribution in [-0.2, 0) is 4.79 Å². The van der Waals surface area contributed by atoms with E-state index in [1.54, 1.807) is 11.8 Å². The van der Waals surface area contributed by atoms with Crippen LogP contribution >= 0.6 is 23.4 Å². The minimum Gasteiger partial charge on any atom is -0.481 e. The lowest BCUT2D eigenvalue weighted by Gasteiger charge is -2.34. The number of urea groups is 1. The van der Waals surface area contributed by atoms with E-state index in [1.807, 2.05) is 0 Å². The summed E-state index contributed by atoms with van der Waals surface area (Å²) in [5, 5.41) is 11.4. The second-order valence-corrected chi connectivity index (χ2v) is 6.10. The molecule has 21 heavy (non-hydrogen) atoms. The third-order valence-corrected chi connectivity index (χ3v) is 4.50. The zero-order valence-electron chi connectivity index (χ0n) is 11.0. The number of amides is 2. The predicted octanol–water partition coefficient (Wildman–Crippen LogP) is 2.90. The fourth-order valence-electron chi connectivity index (χ4n) is 2.09. The SMILES string of the molecule is O=C(O)CC1CSCCN1C(=O)Nc1c(F)cccc1Cl. The number of anilines is 1. The monoisotopic (exact) mass is 332 g/mol. The van der Waals surface area contributed by atoms with Gasteiger partial charge in [-0.15, -0.1) is 0 Å². The standard InChI is InChI=1S/C13H14ClFN2O3S/c14-9-2-1-3-10(15)12(9)16-13(20)17-4-5-21-7-8(17)6-11(18)19/h1-3,8H,4-7H2,(H,16,20)(H,18,19). The van der Waals surface area contributed by atoms with Crippen molar-refractivity contribution in [3.63, 3.8) is 0 Å². The molecule has 114 valence electrons. The summed E-state index contributed by atoms with van der Waals surface area (Å²) in [6, 6.07) is 3.17. The van der Waals surface area contributed by atoms with Gasteiger partial charge in [0.1, 0.15) is 5.82 Å². The van der Waals surface area contributed by atoms with Crippen molar-refractivity contribution in [2.45, 2.75) is 12.5 Å². The van der Waals surface area contributed by atoms with Crippen LogP contribution in [0.5, 0.6) is 0 Å². The van der Waals surface area contributed by atoms with E-state index in [9.17, 15) is 14.0 Å². The van der Waals surface area contributed by atoms with Crippen LogP contribution in [0.15, 0.2) is 18.2 Å². The van der Waals surface area contributed by atoms with Gasteiger partial charge in [-0.1, -0.05) is 17.7 Å². The van der Waals surface area contributed by atoms with Crippen LogP contribution in [0.25, 0.3) is 0 Å². The largest absolute Gasteiger partial charge is 0.481 e. The van der Waals surface area contributed by atoms with Crippen molar-refractivity contribution in [1.29, 1.82) is 0 Å². The number of halogens is 2. The van der Waals surface area contributed by atoms with Crippen LogP contribution in [0.4, 0.5) is 14.9 Å². The molecule has 0 spiro atoms. The Balaban J connectivity index is 2.12. The summed E-state index contributed by atoms with van der Waals surface area (Å²) < 4.78 is 13.7. The number of aliphatic carboxylic acids is 1. The van der Waals surface area contributed by atoms with Gasteiger partial charge in [-0.2, -0.15) is 11.8 Å². The summed E-state index contributed by atoms with van der Waals surface area (Å²) in [6.07, 6.45) is -0.134. The van der Waals surface area contributed by atoms with Gasteiger partial charge in [0.15, 0.2) is 0 Å². The van der Waals surface area contributed by atoms with Gasteiger partial charge in [0.05, 0.1) is 23.2 Å². The summed E-state index contributed by atoms with van der Waals surface area (Å²) in [4.78, 5) is 24.5. The number of thioether (sulfide) groups is 1. The smallest absolute Gasteiger partial charge is 0.322 e. The maximum Gasteiger partial charge on any atom is 0.322 e. The van der Waals surface area contributed by atoms with Crippen LogP contribution in [0, 0.1) is 5.82 Å². The molecule has 1 atom stereocenters. The normalized spacial score (nSPS) is 18.4. The summed E-state index contributed by atoms with van der Waals surface area (Å²) in [5.74, 6) is -0.333. The van der Waals surface area contributed by atoms with Crippen LogP contribution in [0.2, 0.25) is 5.02 Å². The van der Waals surface area contributed by atoms with Crippen molar-refractivity contribution in [2.24, 2.45) is 0 Å². The number of carbonyl (C=O) groups excluding carboxylic acids is 1. The van der Waals surface area contributed by atoms with Crippen LogP contribution < -0.4 is 5.32 Å². The molecule has 0 aromatic heterocycles. The molecule has 1 fully saturated rings. The quantitative estimate of drug-likeness (QED) is 0.893. The van der Waals surface area contributed by atoms with E-state index in [-0.39, 0.29) is 17.1 Å². The maximum absolute atomic E-state index is 13.7. The van der Waals surface area contributed by atoms with Gasteiger partial charge in [0, 0.05) is 18.1 Å². The average molecular weight is 333 g/mol. The topological polar surface area (TPSA) is 69.6 Å². The molecule has 0 radical (unpaired) electrons. The highest BCUT2D eigenvalue weighted by atomic mass is 35.5. The summed E-state index contributed by atoms with van der Waals surface area (Å²) >= 11 is 7.46. The van der Waals surface area contributed by atoms with Crippen molar-refractivity contribution in [2.75, 3.05) is 23.4 Å². The number of carboxylic acid groups (broad SMARTS) is 1. The van der Waals surface area contributed by atoms with Gasteiger partial charge in [0.2, 0.25) is 0 Å². The van der Waals surface area contributed by atoms with E-state index in [0.717, 1.165) is 0 Å². The number of hydrogen-bond acceptors (Lipinski definition) is 3. The molecule has 0 bridgehead atoms. The molecule has 0 aliphatic carbocycles. The van der Waals surface area contributed by atoms with Crippen molar-refractivity contribution in [1.82, 2.24) is 4.90 Å². The van der Waals surface area contributed by atoms with Crippen molar-refractivity contribution < 1.29 is 19.1 Å². The number of benzene rings is 1. The number of carboxylic acids is 1. The Hall–Kier alpha value is -1.47. The lowest BCUT2D eigenvalue weighted by molar-refractivity contribution is -0.137. The summed E-state index contributed by atoms with van der Waals surface area (Å²) in [6.45, 7) is 0.417. The minimum absolute atomic E-state index is 0.0866. The molecule has 2 amide bonds. The molecule has 2 rings (SSSR count). The van der Waals surface area contributed by atoms with E-state index in [1.165, 1.54) is 23.1 Å². The molecule has 2 N–H and O–H groups in total. The Kier molecular flexibility index (Phi) is 5.30. The molecule has 1 aliphatic rings. The van der Waals surface area contributed by atoms with Crippen molar-refractivity contribution in [3.8, 4) is 0 Å². The third-order valence-electron chi connectivity index (χ3n) is 3.09. The number of nitrogens with one attached hydrogen (secondary N) is 1. The third kappa shape index (κ3) is 4.01. The minimum atomic E-state index is -0.968. The van der Waals surface area contributed by atoms with E-state index >= 15 is 0 Å². The Labute approximate surface area is 130 Å². The van der Waals surface area contributed by atoms with E-state index in [0.29, 0.717) is 18.1 Å². The first kappa shape index (κ1) is 15.9. The molecule has 1 heterocycles. The molecular formula is C13H14ClFN2O3S. The second-order valence-electron chi connectivity index (χ2n) is 4.55. The van der Waals surface area contributed by atoms with Gasteiger partial charge in [-0.25, -0.2) is 9.18 Å². The Bertz CT molecular complexity index is 538. The Morgan fingerprint density at radius 3 is 2.95 bits per heavy atom. The molecular weight excluding hydrogens is 319 g/mol. The average Bonchev–Trinajstić information content (AvgIpc) is 2.43. The Morgan fingerprint density at radius 1 is 1.52 bits per heavy atom.